The molecular weight excluding hydrogens is 409 g/mol. The first kappa shape index (κ1) is 18.5. The molecule has 3 atom stereocenters. The topological polar surface area (TPSA) is 70.2 Å². The molecule has 0 bridgehead atoms. The van der Waals surface area contributed by atoms with Crippen molar-refractivity contribution in [1.82, 2.24) is 16.0 Å². The van der Waals surface area contributed by atoms with Gasteiger partial charge >= 0.3 is 6.03 Å². The van der Waals surface area contributed by atoms with Crippen LogP contribution in [0.2, 0.25) is 0 Å². The highest BCUT2D eigenvalue weighted by molar-refractivity contribution is 9.10. The maximum atomic E-state index is 13.3. The monoisotopic (exact) mass is 429 g/mol. The first-order chi connectivity index (χ1) is 12.0. The van der Waals surface area contributed by atoms with Gasteiger partial charge in [-0.1, -0.05) is 22.4 Å². The van der Waals surface area contributed by atoms with Gasteiger partial charge in [-0.05, 0) is 36.6 Å². The fourth-order valence-corrected chi connectivity index (χ4v) is 5.33. The number of benzene rings is 1. The predicted molar refractivity (Wildman–Crippen MR) is 99.9 cm³/mol. The van der Waals surface area contributed by atoms with E-state index < -0.39 is 0 Å². The van der Waals surface area contributed by atoms with Gasteiger partial charge in [-0.15, -0.1) is 0 Å². The molecule has 25 heavy (non-hydrogen) atoms. The molecule has 1 aromatic carbocycles. The third kappa shape index (κ3) is 5.10. The van der Waals surface area contributed by atoms with Crippen molar-refractivity contribution in [1.29, 1.82) is 0 Å². The van der Waals surface area contributed by atoms with Gasteiger partial charge in [0.05, 0.1) is 12.1 Å². The van der Waals surface area contributed by atoms with Crippen molar-refractivity contribution in [2.24, 2.45) is 0 Å². The largest absolute Gasteiger partial charge is 0.352 e. The Hall–Kier alpha value is -1.28. The lowest BCUT2D eigenvalue weighted by Gasteiger charge is -2.16. The zero-order chi connectivity index (χ0) is 17.8. The van der Waals surface area contributed by atoms with Crippen LogP contribution in [0.3, 0.4) is 0 Å². The number of amides is 3. The average Bonchev–Trinajstić information content (AvgIpc) is 3.08. The molecule has 5 nitrogen and oxygen atoms in total. The number of nitrogens with one attached hydrogen (secondary N) is 3. The number of thioether (sulfide) groups is 1. The first-order valence-corrected chi connectivity index (χ1v) is 10.3. The summed E-state index contributed by atoms with van der Waals surface area (Å²) in [6.07, 6.45) is 3.23. The second kappa shape index (κ2) is 8.40. The highest BCUT2D eigenvalue weighted by atomic mass is 79.9. The number of carbonyl (C=O) groups excluding carboxylic acids is 2. The Morgan fingerprint density at radius 3 is 2.96 bits per heavy atom. The Morgan fingerprint density at radius 1 is 1.32 bits per heavy atom. The van der Waals surface area contributed by atoms with Gasteiger partial charge < -0.3 is 16.0 Å². The van der Waals surface area contributed by atoms with E-state index in [1.807, 2.05) is 11.8 Å². The lowest BCUT2D eigenvalue weighted by molar-refractivity contribution is -0.121. The van der Waals surface area contributed by atoms with E-state index >= 15 is 0 Å². The lowest BCUT2D eigenvalue weighted by atomic mass is 10.0. The fraction of sp³-hybridized carbons (Fsp3) is 0.529. The summed E-state index contributed by atoms with van der Waals surface area (Å²) in [4.78, 5) is 23.3. The molecule has 3 amide bonds. The molecule has 2 saturated heterocycles. The average molecular weight is 430 g/mol. The summed E-state index contributed by atoms with van der Waals surface area (Å²) in [5.41, 5.74) is 0.734. The highest BCUT2D eigenvalue weighted by Gasteiger charge is 2.42. The van der Waals surface area contributed by atoms with Crippen molar-refractivity contribution < 1.29 is 14.0 Å². The Labute approximate surface area is 159 Å². The zero-order valence-electron chi connectivity index (χ0n) is 13.7. The molecule has 0 aliphatic carbocycles. The van der Waals surface area contributed by atoms with E-state index in [4.69, 9.17) is 0 Å². The molecule has 2 aliphatic heterocycles. The molecule has 0 spiro atoms. The van der Waals surface area contributed by atoms with Gasteiger partial charge in [-0.3, -0.25) is 4.79 Å². The SMILES string of the molecule is O=C(CCCC[C@@H]1SC[C@@H]2NC(=O)N[C@@H]21)NCc1cc(F)cc(Br)c1. The second-order valence-corrected chi connectivity index (χ2v) is 8.61. The van der Waals surface area contributed by atoms with Crippen LogP contribution >= 0.6 is 27.7 Å². The summed E-state index contributed by atoms with van der Waals surface area (Å²) < 4.78 is 14.0. The van der Waals surface area contributed by atoms with Crippen molar-refractivity contribution in [3.05, 3.63) is 34.1 Å². The highest BCUT2D eigenvalue weighted by Crippen LogP contribution is 2.33. The van der Waals surface area contributed by atoms with Crippen LogP contribution in [0.5, 0.6) is 0 Å². The molecule has 2 aliphatic rings. The summed E-state index contributed by atoms with van der Waals surface area (Å²) in [5.74, 6) is 0.616. The third-order valence-corrected chi connectivity index (χ3v) is 6.46. The minimum absolute atomic E-state index is 0.0202. The molecule has 0 aromatic heterocycles. The van der Waals surface area contributed by atoms with Gasteiger partial charge in [0.15, 0.2) is 0 Å². The van der Waals surface area contributed by atoms with Gasteiger partial charge in [0.2, 0.25) is 5.91 Å². The van der Waals surface area contributed by atoms with Gasteiger partial charge in [0.25, 0.3) is 0 Å². The standard InChI is InChI=1S/C17H21BrFN3O2S/c18-11-5-10(6-12(19)7-11)8-20-15(23)4-2-1-3-14-16-13(9-25-14)21-17(24)22-16/h5-7,13-14,16H,1-4,8-9H2,(H,20,23)(H2,21,22,24)/t13-,14-,16-/m0/s1. The van der Waals surface area contributed by atoms with E-state index in [1.54, 1.807) is 6.07 Å². The first-order valence-electron chi connectivity index (χ1n) is 8.41. The van der Waals surface area contributed by atoms with Crippen molar-refractivity contribution in [3.63, 3.8) is 0 Å². The van der Waals surface area contributed by atoms with Crippen LogP contribution in [0.1, 0.15) is 31.2 Å². The molecule has 8 heteroatoms. The zero-order valence-corrected chi connectivity index (χ0v) is 16.1. The maximum absolute atomic E-state index is 13.3. The van der Waals surface area contributed by atoms with Crippen LogP contribution in [0.4, 0.5) is 9.18 Å². The smallest absolute Gasteiger partial charge is 0.315 e. The lowest BCUT2D eigenvalue weighted by Crippen LogP contribution is -2.36. The van der Waals surface area contributed by atoms with Gasteiger partial charge in [0, 0.05) is 28.4 Å². The molecule has 2 heterocycles. The van der Waals surface area contributed by atoms with Crippen molar-refractivity contribution in [2.75, 3.05) is 5.75 Å². The van der Waals surface area contributed by atoms with Crippen LogP contribution in [-0.2, 0) is 11.3 Å². The number of halogens is 2. The summed E-state index contributed by atoms with van der Waals surface area (Å²) in [6, 6.07) is 5.00. The quantitative estimate of drug-likeness (QED) is 0.460. The number of carbonyl (C=O) groups is 2. The van der Waals surface area contributed by atoms with Crippen LogP contribution in [0, 0.1) is 5.82 Å². The molecular formula is C17H21BrFN3O2S. The van der Waals surface area contributed by atoms with E-state index in [9.17, 15) is 14.0 Å². The number of rotatable bonds is 7. The normalized spacial score (nSPS) is 24.6. The Balaban J connectivity index is 1.32. The minimum atomic E-state index is -0.320. The third-order valence-electron chi connectivity index (χ3n) is 4.49. The van der Waals surface area contributed by atoms with E-state index in [2.05, 4.69) is 31.9 Å². The Morgan fingerprint density at radius 2 is 2.16 bits per heavy atom. The van der Waals surface area contributed by atoms with Crippen molar-refractivity contribution in [2.45, 2.75) is 49.6 Å². The summed E-state index contributed by atoms with van der Waals surface area (Å²) in [6.45, 7) is 0.328. The molecule has 0 saturated carbocycles. The van der Waals surface area contributed by atoms with Crippen LogP contribution < -0.4 is 16.0 Å². The number of hydrogen-bond acceptors (Lipinski definition) is 3. The predicted octanol–water partition coefficient (Wildman–Crippen LogP) is 2.93. The van der Waals surface area contributed by atoms with Crippen LogP contribution in [-0.4, -0.2) is 35.0 Å². The van der Waals surface area contributed by atoms with Crippen molar-refractivity contribution >= 4 is 39.6 Å². The minimum Gasteiger partial charge on any atom is -0.352 e. The fourth-order valence-electron chi connectivity index (χ4n) is 3.28. The van der Waals surface area contributed by atoms with Gasteiger partial charge in [-0.25, -0.2) is 9.18 Å². The van der Waals surface area contributed by atoms with E-state index in [1.165, 1.54) is 12.1 Å². The molecule has 0 unspecified atom stereocenters. The number of unbranched alkanes of at least 4 members (excludes halogenated alkanes) is 1. The molecule has 3 rings (SSSR count). The molecule has 1 aromatic rings. The van der Waals surface area contributed by atoms with Crippen LogP contribution in [0.25, 0.3) is 0 Å². The summed E-state index contributed by atoms with van der Waals surface area (Å²) in [5, 5.41) is 9.16. The number of fused-ring (bicyclic) bond motifs is 1. The van der Waals surface area contributed by atoms with E-state index in [-0.39, 0.29) is 29.8 Å². The molecule has 0 radical (unpaired) electrons. The Kier molecular flexibility index (Phi) is 6.22. The Bertz CT molecular complexity index is 641. The molecule has 2 fully saturated rings. The number of hydrogen-bond donors (Lipinski definition) is 3. The second-order valence-electron chi connectivity index (χ2n) is 6.42. The van der Waals surface area contributed by atoms with Gasteiger partial charge in [-0.2, -0.15) is 11.8 Å². The van der Waals surface area contributed by atoms with Crippen molar-refractivity contribution in [3.8, 4) is 0 Å². The molecule has 3 N–H and O–H groups in total. The number of urea groups is 1. The maximum Gasteiger partial charge on any atom is 0.315 e. The van der Waals surface area contributed by atoms with E-state index in [0.29, 0.717) is 22.7 Å². The molecule has 136 valence electrons. The van der Waals surface area contributed by atoms with Crippen LogP contribution in [0.15, 0.2) is 22.7 Å². The summed E-state index contributed by atoms with van der Waals surface area (Å²) >= 11 is 5.13. The van der Waals surface area contributed by atoms with Gasteiger partial charge in [0.1, 0.15) is 5.82 Å². The van der Waals surface area contributed by atoms with E-state index in [0.717, 1.165) is 30.6 Å². The summed E-state index contributed by atoms with van der Waals surface area (Å²) in [7, 11) is 0.